The van der Waals surface area contributed by atoms with Crippen molar-refractivity contribution in [1.29, 1.82) is 0 Å². The number of oxazole rings is 1. The van der Waals surface area contributed by atoms with Crippen LogP contribution >= 0.6 is 11.6 Å². The van der Waals surface area contributed by atoms with Gasteiger partial charge in [0.15, 0.2) is 11.5 Å². The first-order valence-corrected chi connectivity index (χ1v) is 11.5. The van der Waals surface area contributed by atoms with Crippen LogP contribution in [0, 0.1) is 0 Å². The predicted molar refractivity (Wildman–Crippen MR) is 115 cm³/mol. The van der Waals surface area contributed by atoms with Gasteiger partial charge in [0.1, 0.15) is 5.52 Å². The molecule has 0 atom stereocenters. The number of H-pyrrole nitrogens is 2. The molecular weight excluding hydrogens is 444 g/mol. The Morgan fingerprint density at radius 1 is 1.06 bits per heavy atom. The van der Waals surface area contributed by atoms with Crippen molar-refractivity contribution in [3.8, 4) is 0 Å². The van der Waals surface area contributed by atoms with E-state index >= 15 is 0 Å². The topological polar surface area (TPSA) is 129 Å². The van der Waals surface area contributed by atoms with Crippen LogP contribution in [-0.2, 0) is 10.0 Å². The highest BCUT2D eigenvalue weighted by molar-refractivity contribution is 7.89. The van der Waals surface area contributed by atoms with Crippen LogP contribution in [0.4, 0.5) is 0 Å². The Hall–Kier alpha value is -2.95. The molecule has 0 radical (unpaired) electrons. The molecule has 1 aliphatic heterocycles. The second-order valence-corrected chi connectivity index (χ2v) is 9.83. The molecule has 11 heteroatoms. The Morgan fingerprint density at radius 3 is 2.61 bits per heavy atom. The molecule has 0 saturated carbocycles. The first kappa shape index (κ1) is 20.0. The van der Waals surface area contributed by atoms with Crippen molar-refractivity contribution in [2.45, 2.75) is 23.7 Å². The van der Waals surface area contributed by atoms with Gasteiger partial charge < -0.3 is 9.40 Å². The number of piperidine rings is 1. The third-order valence-corrected chi connectivity index (χ3v) is 7.65. The summed E-state index contributed by atoms with van der Waals surface area (Å²) in [6, 6.07) is 9.34. The van der Waals surface area contributed by atoms with Gasteiger partial charge in [0.05, 0.1) is 15.8 Å². The standard InChI is InChI=1S/C20H17ClN4O5S/c21-12-1-4-17-16(9-12)22-19(30-17)11-5-7-25(8-6-11)31(28,29)13-2-3-15-14(10-13)18(26)24-20(27)23-15/h1-4,9-11H,5-8H2,(H2,23,24,26,27). The number of sulfonamides is 1. The predicted octanol–water partition coefficient (Wildman–Crippen LogP) is 2.58. The Bertz CT molecular complexity index is 1530. The van der Waals surface area contributed by atoms with E-state index in [1.807, 2.05) is 0 Å². The molecule has 1 aliphatic rings. The zero-order valence-electron chi connectivity index (χ0n) is 16.1. The van der Waals surface area contributed by atoms with E-state index in [9.17, 15) is 18.0 Å². The van der Waals surface area contributed by atoms with E-state index in [4.69, 9.17) is 16.0 Å². The Kier molecular flexibility index (Phi) is 4.72. The van der Waals surface area contributed by atoms with Crippen molar-refractivity contribution >= 4 is 43.6 Å². The molecule has 0 amide bonds. The van der Waals surface area contributed by atoms with Crippen LogP contribution in [0.15, 0.2) is 55.3 Å². The Labute approximate surface area is 180 Å². The third-order valence-electron chi connectivity index (χ3n) is 5.52. The minimum absolute atomic E-state index is 0.00199. The highest BCUT2D eigenvalue weighted by Gasteiger charge is 2.32. The first-order valence-electron chi connectivity index (χ1n) is 9.64. The number of nitrogens with zero attached hydrogens (tertiary/aromatic N) is 2. The van der Waals surface area contributed by atoms with Gasteiger partial charge in [-0.15, -0.1) is 0 Å². The van der Waals surface area contributed by atoms with E-state index in [0.29, 0.717) is 47.9 Å². The highest BCUT2D eigenvalue weighted by atomic mass is 35.5. The van der Waals surface area contributed by atoms with Crippen molar-refractivity contribution in [2.75, 3.05) is 13.1 Å². The molecule has 31 heavy (non-hydrogen) atoms. The number of fused-ring (bicyclic) bond motifs is 2. The Balaban J connectivity index is 1.38. The van der Waals surface area contributed by atoms with Crippen molar-refractivity contribution < 1.29 is 12.8 Å². The fraction of sp³-hybridized carbons (Fsp3) is 0.250. The molecule has 1 saturated heterocycles. The first-order chi connectivity index (χ1) is 14.8. The summed E-state index contributed by atoms with van der Waals surface area (Å²) in [4.78, 5) is 32.5. The lowest BCUT2D eigenvalue weighted by Crippen LogP contribution is -2.38. The van der Waals surface area contributed by atoms with Crippen molar-refractivity contribution in [3.63, 3.8) is 0 Å². The summed E-state index contributed by atoms with van der Waals surface area (Å²) in [5.41, 5.74) is 0.329. The largest absolute Gasteiger partial charge is 0.440 e. The number of halogens is 1. The summed E-state index contributed by atoms with van der Waals surface area (Å²) in [6.45, 7) is 0.596. The average Bonchev–Trinajstić information content (AvgIpc) is 3.16. The number of aromatic amines is 2. The lowest BCUT2D eigenvalue weighted by atomic mass is 9.98. The molecule has 0 unspecified atom stereocenters. The second kappa shape index (κ2) is 7.33. The summed E-state index contributed by atoms with van der Waals surface area (Å²) in [7, 11) is -3.80. The lowest BCUT2D eigenvalue weighted by molar-refractivity contribution is 0.293. The van der Waals surface area contributed by atoms with Gasteiger partial charge in [0.25, 0.3) is 5.56 Å². The van der Waals surface area contributed by atoms with Gasteiger partial charge in [0.2, 0.25) is 10.0 Å². The van der Waals surface area contributed by atoms with Gasteiger partial charge in [-0.1, -0.05) is 11.6 Å². The molecule has 2 aromatic carbocycles. The second-order valence-electron chi connectivity index (χ2n) is 7.46. The van der Waals surface area contributed by atoms with Crippen molar-refractivity contribution in [3.05, 3.63) is 68.1 Å². The minimum atomic E-state index is -3.80. The van der Waals surface area contributed by atoms with Crippen LogP contribution in [0.5, 0.6) is 0 Å². The number of hydrogen-bond donors (Lipinski definition) is 2. The van der Waals surface area contributed by atoms with Crippen LogP contribution in [0.25, 0.3) is 22.0 Å². The molecule has 9 nitrogen and oxygen atoms in total. The van der Waals surface area contributed by atoms with Crippen LogP contribution < -0.4 is 11.2 Å². The summed E-state index contributed by atoms with van der Waals surface area (Å²) < 4.78 is 33.5. The molecule has 2 N–H and O–H groups in total. The maximum absolute atomic E-state index is 13.1. The summed E-state index contributed by atoms with van der Waals surface area (Å²) in [5, 5.41) is 0.687. The van der Waals surface area contributed by atoms with E-state index in [1.165, 1.54) is 22.5 Å². The maximum atomic E-state index is 13.1. The van der Waals surface area contributed by atoms with Gasteiger partial charge in [-0.25, -0.2) is 18.2 Å². The van der Waals surface area contributed by atoms with Crippen molar-refractivity contribution in [2.24, 2.45) is 0 Å². The van der Waals surface area contributed by atoms with E-state index in [2.05, 4.69) is 15.0 Å². The monoisotopic (exact) mass is 460 g/mol. The molecule has 4 aromatic rings. The molecule has 2 aromatic heterocycles. The lowest BCUT2D eigenvalue weighted by Gasteiger charge is -2.29. The zero-order valence-corrected chi connectivity index (χ0v) is 17.7. The van der Waals surface area contributed by atoms with Gasteiger partial charge in [0, 0.05) is 24.0 Å². The minimum Gasteiger partial charge on any atom is -0.440 e. The molecule has 0 bridgehead atoms. The van der Waals surface area contributed by atoms with Crippen LogP contribution in [0.3, 0.4) is 0 Å². The number of rotatable bonds is 3. The molecule has 1 fully saturated rings. The molecule has 0 spiro atoms. The van der Waals surface area contributed by atoms with Crippen molar-refractivity contribution in [1.82, 2.24) is 19.3 Å². The average molecular weight is 461 g/mol. The quantitative estimate of drug-likeness (QED) is 0.483. The fourth-order valence-electron chi connectivity index (χ4n) is 3.89. The van der Waals surface area contributed by atoms with E-state index in [-0.39, 0.29) is 21.7 Å². The summed E-state index contributed by atoms with van der Waals surface area (Å²) >= 11 is 6.00. The van der Waals surface area contributed by atoms with Crippen LogP contribution in [0.2, 0.25) is 5.02 Å². The SMILES string of the molecule is O=c1[nH]c(=O)c2cc(S(=O)(=O)N3CCC(c4nc5cc(Cl)ccc5o4)CC3)ccc2[nH]1. The van der Waals surface area contributed by atoms with Gasteiger partial charge in [-0.3, -0.25) is 9.78 Å². The van der Waals surface area contributed by atoms with Gasteiger partial charge >= 0.3 is 5.69 Å². The number of aromatic nitrogens is 3. The summed E-state index contributed by atoms with van der Waals surface area (Å²) in [6.07, 6.45) is 1.11. The van der Waals surface area contributed by atoms with E-state index in [1.54, 1.807) is 18.2 Å². The van der Waals surface area contributed by atoms with E-state index in [0.717, 1.165) is 0 Å². The van der Waals surface area contributed by atoms with Gasteiger partial charge in [-0.05, 0) is 49.2 Å². The fourth-order valence-corrected chi connectivity index (χ4v) is 5.55. The highest BCUT2D eigenvalue weighted by Crippen LogP contribution is 2.32. The third kappa shape index (κ3) is 3.56. The number of hydrogen-bond acceptors (Lipinski definition) is 6. The number of nitrogens with one attached hydrogen (secondary N) is 2. The zero-order chi connectivity index (χ0) is 21.8. The molecule has 0 aliphatic carbocycles. The molecule has 3 heterocycles. The summed E-state index contributed by atoms with van der Waals surface area (Å²) in [5.74, 6) is 0.581. The van der Waals surface area contributed by atoms with Crippen LogP contribution in [0.1, 0.15) is 24.7 Å². The molecule has 160 valence electrons. The van der Waals surface area contributed by atoms with E-state index < -0.39 is 21.3 Å². The smallest absolute Gasteiger partial charge is 0.326 e. The number of benzene rings is 2. The Morgan fingerprint density at radius 2 is 1.84 bits per heavy atom. The molecular formula is C20H17ClN4O5S. The normalized spacial score (nSPS) is 16.3. The maximum Gasteiger partial charge on any atom is 0.326 e. The van der Waals surface area contributed by atoms with Crippen LogP contribution in [-0.4, -0.2) is 40.8 Å². The molecule has 5 rings (SSSR count). The van der Waals surface area contributed by atoms with Gasteiger partial charge in [-0.2, -0.15) is 4.31 Å².